The highest BCUT2D eigenvalue weighted by atomic mass is 16.5. The van der Waals surface area contributed by atoms with Gasteiger partial charge in [0.25, 0.3) is 0 Å². The van der Waals surface area contributed by atoms with Gasteiger partial charge in [-0.25, -0.2) is 9.59 Å². The molecule has 0 aromatic heterocycles. The number of aliphatic hydroxyl groups is 2. The molecule has 3 N–H and O–H groups in total. The molecule has 0 heterocycles. The van der Waals surface area contributed by atoms with Gasteiger partial charge < -0.3 is 20.1 Å². The van der Waals surface area contributed by atoms with Crippen molar-refractivity contribution in [2.75, 3.05) is 6.61 Å². The molecule has 4 atom stereocenters. The largest absolute Gasteiger partial charge is 0.479 e. The number of esters is 1. The molecule has 6 heteroatoms. The van der Waals surface area contributed by atoms with Crippen molar-refractivity contribution in [2.24, 2.45) is 16.7 Å². The molecule has 160 valence electrons. The number of hydrogen-bond acceptors (Lipinski definition) is 5. The number of carboxylic acids is 1. The lowest BCUT2D eigenvalue weighted by atomic mass is 9.46. The zero-order chi connectivity index (χ0) is 21.9. The topological polar surface area (TPSA) is 104 Å². The van der Waals surface area contributed by atoms with Gasteiger partial charge in [-0.2, -0.15) is 0 Å². The number of carbonyl (C=O) groups is 2. The third kappa shape index (κ3) is 4.09. The zero-order valence-electron chi connectivity index (χ0n) is 17.6. The molecule has 2 rings (SSSR count). The second kappa shape index (κ2) is 8.67. The predicted molar refractivity (Wildman–Crippen MR) is 110 cm³/mol. The number of ether oxygens (including phenoxy) is 1. The lowest BCUT2D eigenvalue weighted by Crippen LogP contribution is -2.66. The Morgan fingerprint density at radius 1 is 1.17 bits per heavy atom. The van der Waals surface area contributed by atoms with Gasteiger partial charge in [0, 0.05) is 17.4 Å². The van der Waals surface area contributed by atoms with Gasteiger partial charge >= 0.3 is 11.9 Å². The number of fused-ring (bicyclic) bond motifs is 1. The van der Waals surface area contributed by atoms with Gasteiger partial charge in [0.1, 0.15) is 6.10 Å². The van der Waals surface area contributed by atoms with Gasteiger partial charge in [-0.1, -0.05) is 57.6 Å². The van der Waals surface area contributed by atoms with Crippen LogP contribution in [0.3, 0.4) is 0 Å². The van der Waals surface area contributed by atoms with E-state index in [0.29, 0.717) is 6.42 Å². The molecular formula is C23H32O6. The van der Waals surface area contributed by atoms with Crippen molar-refractivity contribution in [3.63, 3.8) is 0 Å². The Morgan fingerprint density at radius 2 is 1.83 bits per heavy atom. The Kier molecular flexibility index (Phi) is 6.91. The highest BCUT2D eigenvalue weighted by Crippen LogP contribution is 2.61. The minimum absolute atomic E-state index is 0.0313. The molecule has 0 aromatic rings. The van der Waals surface area contributed by atoms with E-state index >= 15 is 0 Å². The molecule has 4 unspecified atom stereocenters. The Labute approximate surface area is 172 Å². The lowest BCUT2D eigenvalue weighted by Gasteiger charge is -2.60. The first-order valence-corrected chi connectivity index (χ1v) is 9.99. The molecule has 2 aliphatic rings. The highest BCUT2D eigenvalue weighted by molar-refractivity contribution is 5.85. The molecular weight excluding hydrogens is 372 g/mol. The third-order valence-corrected chi connectivity index (χ3v) is 6.52. The Morgan fingerprint density at radius 3 is 2.41 bits per heavy atom. The van der Waals surface area contributed by atoms with E-state index in [2.05, 4.69) is 0 Å². The molecule has 6 nitrogen and oxygen atoms in total. The average Bonchev–Trinajstić information content (AvgIpc) is 2.63. The normalized spacial score (nSPS) is 34.3. The summed E-state index contributed by atoms with van der Waals surface area (Å²) in [4.78, 5) is 24.5. The summed E-state index contributed by atoms with van der Waals surface area (Å²) in [7, 11) is 0. The first kappa shape index (κ1) is 23.1. The van der Waals surface area contributed by atoms with Gasteiger partial charge in [-0.15, -0.1) is 0 Å². The quantitative estimate of drug-likeness (QED) is 0.272. The second-order valence-corrected chi connectivity index (χ2v) is 8.77. The van der Waals surface area contributed by atoms with Crippen molar-refractivity contribution in [2.45, 2.75) is 58.7 Å². The first-order chi connectivity index (χ1) is 13.5. The van der Waals surface area contributed by atoms with Crippen LogP contribution in [0.25, 0.3) is 0 Å². The molecule has 0 saturated heterocycles. The Hall–Kier alpha value is -2.18. The fourth-order valence-corrected chi connectivity index (χ4v) is 5.28. The molecule has 0 amide bonds. The molecule has 1 fully saturated rings. The van der Waals surface area contributed by atoms with E-state index in [1.165, 1.54) is 12.2 Å². The van der Waals surface area contributed by atoms with E-state index < -0.39 is 41.6 Å². The van der Waals surface area contributed by atoms with Crippen LogP contribution in [0.4, 0.5) is 0 Å². The van der Waals surface area contributed by atoms with E-state index in [4.69, 9.17) is 4.74 Å². The minimum Gasteiger partial charge on any atom is -0.479 e. The third-order valence-electron chi connectivity index (χ3n) is 6.52. The molecule has 0 spiro atoms. The van der Waals surface area contributed by atoms with Crippen molar-refractivity contribution in [1.29, 1.82) is 0 Å². The zero-order valence-corrected chi connectivity index (χ0v) is 17.6. The van der Waals surface area contributed by atoms with E-state index in [-0.39, 0.29) is 11.0 Å². The summed E-state index contributed by atoms with van der Waals surface area (Å²) in [6.45, 7) is 7.00. The van der Waals surface area contributed by atoms with Crippen LogP contribution in [-0.4, -0.2) is 45.6 Å². The maximum absolute atomic E-state index is 12.4. The van der Waals surface area contributed by atoms with Gasteiger partial charge in [-0.3, -0.25) is 0 Å². The van der Waals surface area contributed by atoms with Crippen molar-refractivity contribution in [3.05, 3.63) is 48.1 Å². The van der Waals surface area contributed by atoms with Crippen LogP contribution >= 0.6 is 0 Å². The van der Waals surface area contributed by atoms with Crippen LogP contribution in [0.15, 0.2) is 48.1 Å². The standard InChI is InChI=1S/C23H32O6/c1-5-6-7-8-9-11-18(25)29-17-14-16(15-24)23(28,20(26)27)22(4)13-10-12-21(2,3)19(17)22/h5-9,11,14,17,19,24,28H,10,12-13,15H2,1-4H3,(H,26,27). The first-order valence-electron chi connectivity index (χ1n) is 9.99. The summed E-state index contributed by atoms with van der Waals surface area (Å²) in [5.74, 6) is -2.36. The number of carboxylic acid groups (broad SMARTS) is 1. The van der Waals surface area contributed by atoms with Crippen molar-refractivity contribution in [1.82, 2.24) is 0 Å². The highest BCUT2D eigenvalue weighted by Gasteiger charge is 2.67. The van der Waals surface area contributed by atoms with Crippen LogP contribution in [0.1, 0.15) is 47.0 Å². The van der Waals surface area contributed by atoms with E-state index in [1.54, 1.807) is 25.2 Å². The number of allylic oxidation sites excluding steroid dienone is 5. The SMILES string of the molecule is CC=CC=CC=CC(=O)OC1C=C(CO)C(O)(C(=O)O)C2(C)CCCC(C)(C)C12. The summed E-state index contributed by atoms with van der Waals surface area (Å²) in [6, 6.07) is 0. The lowest BCUT2D eigenvalue weighted by molar-refractivity contribution is -0.204. The maximum Gasteiger partial charge on any atom is 0.340 e. The van der Waals surface area contributed by atoms with Crippen molar-refractivity contribution >= 4 is 11.9 Å². The molecule has 0 bridgehead atoms. The molecule has 0 aliphatic heterocycles. The van der Waals surface area contributed by atoms with Crippen LogP contribution < -0.4 is 0 Å². The summed E-state index contributed by atoms with van der Waals surface area (Å²) in [5, 5.41) is 31.0. The van der Waals surface area contributed by atoms with Gasteiger partial charge in [0.15, 0.2) is 5.60 Å². The van der Waals surface area contributed by atoms with Crippen LogP contribution in [0.2, 0.25) is 0 Å². The van der Waals surface area contributed by atoms with Gasteiger partial charge in [0.2, 0.25) is 0 Å². The molecule has 2 aliphatic carbocycles. The van der Waals surface area contributed by atoms with Gasteiger partial charge in [0.05, 0.1) is 6.61 Å². The number of rotatable bonds is 6. The average molecular weight is 405 g/mol. The number of aliphatic hydroxyl groups excluding tert-OH is 1. The number of carbonyl (C=O) groups excluding carboxylic acids is 1. The van der Waals surface area contributed by atoms with Crippen molar-refractivity contribution < 1.29 is 29.6 Å². The predicted octanol–water partition coefficient (Wildman–Crippen LogP) is 3.17. The Balaban J connectivity index is 2.45. The number of aliphatic carboxylic acids is 1. The smallest absolute Gasteiger partial charge is 0.340 e. The fraction of sp³-hybridized carbons (Fsp3) is 0.565. The Bertz CT molecular complexity index is 759. The fourth-order valence-electron chi connectivity index (χ4n) is 5.28. The van der Waals surface area contributed by atoms with E-state index in [1.807, 2.05) is 32.9 Å². The molecule has 0 aromatic carbocycles. The summed E-state index contributed by atoms with van der Waals surface area (Å²) in [5.41, 5.74) is -3.70. The van der Waals surface area contributed by atoms with E-state index in [9.17, 15) is 24.9 Å². The van der Waals surface area contributed by atoms with Crippen LogP contribution in [0.5, 0.6) is 0 Å². The van der Waals surface area contributed by atoms with Crippen LogP contribution in [-0.2, 0) is 14.3 Å². The minimum atomic E-state index is -2.21. The summed E-state index contributed by atoms with van der Waals surface area (Å²) < 4.78 is 5.70. The molecule has 29 heavy (non-hydrogen) atoms. The van der Waals surface area contributed by atoms with Gasteiger partial charge in [-0.05, 0) is 36.8 Å². The van der Waals surface area contributed by atoms with Crippen molar-refractivity contribution in [3.8, 4) is 0 Å². The monoisotopic (exact) mass is 404 g/mol. The summed E-state index contributed by atoms with van der Waals surface area (Å²) in [6.07, 6.45) is 12.7. The second-order valence-electron chi connectivity index (χ2n) is 8.77. The van der Waals surface area contributed by atoms with Crippen LogP contribution in [0, 0.1) is 16.7 Å². The number of hydrogen-bond donors (Lipinski definition) is 3. The summed E-state index contributed by atoms with van der Waals surface area (Å²) >= 11 is 0. The maximum atomic E-state index is 12.4. The molecule has 1 saturated carbocycles. The van der Waals surface area contributed by atoms with E-state index in [0.717, 1.165) is 12.8 Å². The molecule has 0 radical (unpaired) electrons.